The van der Waals surface area contributed by atoms with E-state index in [0.717, 1.165) is 49.0 Å². The molecule has 1 saturated heterocycles. The van der Waals surface area contributed by atoms with Gasteiger partial charge in [-0.1, -0.05) is 6.92 Å². The molecule has 0 radical (unpaired) electrons. The molecule has 2 aromatic rings. The van der Waals surface area contributed by atoms with Crippen molar-refractivity contribution in [1.29, 1.82) is 0 Å². The third-order valence-corrected chi connectivity index (χ3v) is 6.67. The highest BCUT2D eigenvalue weighted by Crippen LogP contribution is 2.31. The van der Waals surface area contributed by atoms with Crippen molar-refractivity contribution in [1.82, 2.24) is 9.36 Å². The Morgan fingerprint density at radius 1 is 1.07 bits per heavy atom. The van der Waals surface area contributed by atoms with E-state index in [9.17, 15) is 21.6 Å². The van der Waals surface area contributed by atoms with E-state index in [1.54, 1.807) is 0 Å². The fraction of sp³-hybridized carbons (Fsp3) is 0.500. The molecule has 1 fully saturated rings. The Hall–Kier alpha value is -1.88. The maximum atomic E-state index is 12.6. The monoisotopic (exact) mass is 420 g/mol. The minimum Gasteiger partial charge on any atom is -0.370 e. The molecule has 1 aromatic heterocycles. The van der Waals surface area contributed by atoms with Crippen LogP contribution in [0.2, 0.25) is 0 Å². The third kappa shape index (κ3) is 4.18. The number of aromatic nitrogens is 2. The molecule has 3 rings (SSSR count). The van der Waals surface area contributed by atoms with Crippen LogP contribution in [0.4, 0.5) is 24.0 Å². The molecule has 1 aliphatic rings. The van der Waals surface area contributed by atoms with Gasteiger partial charge in [0.05, 0.1) is 4.90 Å². The minimum atomic E-state index is -5.32. The van der Waals surface area contributed by atoms with Gasteiger partial charge >= 0.3 is 5.51 Å². The Labute approximate surface area is 159 Å². The third-order valence-electron chi connectivity index (χ3n) is 4.36. The van der Waals surface area contributed by atoms with Crippen LogP contribution in [0.3, 0.4) is 0 Å². The molecule has 11 heteroatoms. The van der Waals surface area contributed by atoms with Crippen LogP contribution in [-0.2, 0) is 16.3 Å². The first-order valence-electron chi connectivity index (χ1n) is 8.46. The van der Waals surface area contributed by atoms with Crippen LogP contribution >= 0.6 is 11.5 Å². The lowest BCUT2D eigenvalue weighted by atomic mass is 10.2. The molecule has 0 aliphatic carbocycles. The molecule has 0 unspecified atom stereocenters. The quantitative estimate of drug-likeness (QED) is 0.757. The molecule has 2 heterocycles. The number of alkyl halides is 3. The molecular formula is C16H19F3N4O2S2. The molecule has 0 saturated carbocycles. The second-order valence-corrected chi connectivity index (χ2v) is 8.79. The van der Waals surface area contributed by atoms with Crippen LogP contribution in [0.1, 0.15) is 19.2 Å². The van der Waals surface area contributed by atoms with Crippen molar-refractivity contribution < 1.29 is 21.6 Å². The SMILES string of the molecule is CCc1nsc(N2CCCN(c3ccc(S(=O)(=O)C(F)(F)F)cc3)CC2)n1. The van der Waals surface area contributed by atoms with Gasteiger partial charge in [-0.25, -0.2) is 13.4 Å². The van der Waals surface area contributed by atoms with Crippen molar-refractivity contribution in [3.63, 3.8) is 0 Å². The zero-order valence-electron chi connectivity index (χ0n) is 14.6. The molecule has 148 valence electrons. The van der Waals surface area contributed by atoms with Gasteiger partial charge in [-0.15, -0.1) is 0 Å². The van der Waals surface area contributed by atoms with Crippen molar-refractivity contribution in [3.8, 4) is 0 Å². The van der Waals surface area contributed by atoms with Gasteiger partial charge in [-0.2, -0.15) is 17.5 Å². The number of sulfone groups is 1. The van der Waals surface area contributed by atoms with E-state index in [0.29, 0.717) is 18.8 Å². The number of benzene rings is 1. The van der Waals surface area contributed by atoms with E-state index in [1.165, 1.54) is 23.7 Å². The number of hydrogen-bond acceptors (Lipinski definition) is 7. The Bertz CT molecular complexity index is 882. The van der Waals surface area contributed by atoms with Gasteiger partial charge in [-0.05, 0) is 30.7 Å². The normalized spacial score (nSPS) is 16.4. The number of rotatable bonds is 4. The molecule has 27 heavy (non-hydrogen) atoms. The van der Waals surface area contributed by atoms with Gasteiger partial charge in [0.15, 0.2) is 0 Å². The van der Waals surface area contributed by atoms with E-state index < -0.39 is 20.2 Å². The summed E-state index contributed by atoms with van der Waals surface area (Å²) in [5.41, 5.74) is -4.60. The van der Waals surface area contributed by atoms with Crippen LogP contribution in [0.15, 0.2) is 29.2 Å². The van der Waals surface area contributed by atoms with Crippen LogP contribution in [0.25, 0.3) is 0 Å². The maximum absolute atomic E-state index is 12.6. The van der Waals surface area contributed by atoms with E-state index >= 15 is 0 Å². The first kappa shape index (κ1) is 19.9. The Kier molecular flexibility index (Phi) is 5.61. The lowest BCUT2D eigenvalue weighted by molar-refractivity contribution is -0.0436. The molecule has 1 aromatic carbocycles. The summed E-state index contributed by atoms with van der Waals surface area (Å²) in [5.74, 6) is 0.817. The molecule has 0 N–H and O–H groups in total. The van der Waals surface area contributed by atoms with Crippen molar-refractivity contribution in [2.75, 3.05) is 36.0 Å². The average molecular weight is 420 g/mol. The van der Waals surface area contributed by atoms with Crippen molar-refractivity contribution in [2.45, 2.75) is 30.2 Å². The van der Waals surface area contributed by atoms with Gasteiger partial charge in [-0.3, -0.25) is 0 Å². The van der Waals surface area contributed by atoms with Crippen molar-refractivity contribution in [2.24, 2.45) is 0 Å². The zero-order valence-corrected chi connectivity index (χ0v) is 16.2. The Morgan fingerprint density at radius 3 is 2.30 bits per heavy atom. The highest BCUT2D eigenvalue weighted by Gasteiger charge is 2.46. The average Bonchev–Trinajstić information content (AvgIpc) is 2.98. The van der Waals surface area contributed by atoms with E-state index in [-0.39, 0.29) is 0 Å². The van der Waals surface area contributed by atoms with Gasteiger partial charge in [0.25, 0.3) is 9.84 Å². The highest BCUT2D eigenvalue weighted by atomic mass is 32.2. The topological polar surface area (TPSA) is 66.4 Å². The van der Waals surface area contributed by atoms with Crippen molar-refractivity contribution >= 4 is 32.2 Å². The smallest absolute Gasteiger partial charge is 0.370 e. The van der Waals surface area contributed by atoms with Gasteiger partial charge in [0.1, 0.15) is 5.82 Å². The standard InChI is InChI=1S/C16H19F3N4O2S2/c1-2-14-20-15(26-21-14)23-9-3-8-22(10-11-23)12-4-6-13(7-5-12)27(24,25)16(17,18)19/h4-7H,2-3,8-11H2,1H3. The number of anilines is 2. The second kappa shape index (κ2) is 7.63. The first-order valence-corrected chi connectivity index (χ1v) is 10.7. The summed E-state index contributed by atoms with van der Waals surface area (Å²) in [5, 5.41) is 0.875. The lowest BCUT2D eigenvalue weighted by Gasteiger charge is -2.23. The fourth-order valence-electron chi connectivity index (χ4n) is 2.85. The minimum absolute atomic E-state index is 0.659. The van der Waals surface area contributed by atoms with E-state index in [2.05, 4.69) is 14.3 Å². The van der Waals surface area contributed by atoms with E-state index in [1.807, 2.05) is 11.8 Å². The number of hydrogen-bond donors (Lipinski definition) is 0. The Morgan fingerprint density at radius 2 is 1.70 bits per heavy atom. The van der Waals surface area contributed by atoms with Crippen LogP contribution in [-0.4, -0.2) is 49.5 Å². The number of aryl methyl sites for hydroxylation is 1. The predicted molar refractivity (Wildman–Crippen MR) is 98.0 cm³/mol. The summed E-state index contributed by atoms with van der Waals surface area (Å²) in [6.07, 6.45) is 1.63. The van der Waals surface area contributed by atoms with Crippen LogP contribution in [0.5, 0.6) is 0 Å². The molecule has 0 amide bonds. The summed E-state index contributed by atoms with van der Waals surface area (Å²) in [6.45, 7) is 4.91. The van der Waals surface area contributed by atoms with E-state index in [4.69, 9.17) is 0 Å². The summed E-state index contributed by atoms with van der Waals surface area (Å²) >= 11 is 1.37. The molecule has 1 aliphatic heterocycles. The molecule has 6 nitrogen and oxygen atoms in total. The molecule has 0 spiro atoms. The van der Waals surface area contributed by atoms with Crippen LogP contribution < -0.4 is 9.80 Å². The maximum Gasteiger partial charge on any atom is 0.501 e. The molecule has 0 atom stereocenters. The summed E-state index contributed by atoms with van der Waals surface area (Å²) in [4.78, 5) is 7.94. The second-order valence-electron chi connectivity index (χ2n) is 6.12. The van der Waals surface area contributed by atoms with Gasteiger partial charge in [0, 0.05) is 49.8 Å². The molecule has 0 bridgehead atoms. The number of nitrogens with zero attached hydrogens (tertiary/aromatic N) is 4. The number of halogens is 3. The summed E-state index contributed by atoms with van der Waals surface area (Å²) < 4.78 is 65.2. The highest BCUT2D eigenvalue weighted by molar-refractivity contribution is 7.92. The zero-order chi connectivity index (χ0) is 19.7. The van der Waals surface area contributed by atoms with Gasteiger partial charge < -0.3 is 9.80 Å². The van der Waals surface area contributed by atoms with Gasteiger partial charge in [0.2, 0.25) is 5.13 Å². The lowest BCUT2D eigenvalue weighted by Crippen LogP contribution is -2.30. The largest absolute Gasteiger partial charge is 0.501 e. The van der Waals surface area contributed by atoms with Crippen molar-refractivity contribution in [3.05, 3.63) is 30.1 Å². The van der Waals surface area contributed by atoms with Crippen LogP contribution in [0, 0.1) is 0 Å². The molecular weight excluding hydrogens is 401 g/mol. The summed E-state index contributed by atoms with van der Waals surface area (Å²) in [6, 6.07) is 4.88. The fourth-order valence-corrected chi connectivity index (χ4v) is 4.42. The Balaban J connectivity index is 1.70. The first-order chi connectivity index (χ1) is 12.7. The summed E-state index contributed by atoms with van der Waals surface area (Å²) in [7, 11) is -5.32. The predicted octanol–water partition coefficient (Wildman–Crippen LogP) is 3.11.